The molecule has 1 unspecified atom stereocenters. The summed E-state index contributed by atoms with van der Waals surface area (Å²) in [6.45, 7) is -0.176. The second-order valence-electron chi connectivity index (χ2n) is 8.31. The van der Waals surface area contributed by atoms with Crippen LogP contribution in [0.2, 0.25) is 0 Å². The molecular weight excluding hydrogens is 489 g/mol. The minimum atomic E-state index is -4.68. The number of halogens is 3. The Morgan fingerprint density at radius 2 is 1.76 bits per heavy atom. The molecule has 196 valence electrons. The summed E-state index contributed by atoms with van der Waals surface area (Å²) < 4.78 is 50.6. The predicted molar refractivity (Wildman–Crippen MR) is 133 cm³/mol. The molecule has 2 heterocycles. The van der Waals surface area contributed by atoms with Crippen LogP contribution in [0.1, 0.15) is 0 Å². The molecule has 0 bridgehead atoms. The summed E-state index contributed by atoms with van der Waals surface area (Å²) in [5, 5.41) is 16.2. The number of hydrogen-bond acceptors (Lipinski definition) is 8. The smallest absolute Gasteiger partial charge is 0.415 e. The second kappa shape index (κ2) is 11.0. The lowest BCUT2D eigenvalue weighted by Gasteiger charge is -2.27. The Bertz CT molecular complexity index is 1340. The molecule has 0 fully saturated rings. The van der Waals surface area contributed by atoms with Crippen molar-refractivity contribution in [1.82, 2.24) is 25.1 Å². The zero-order valence-corrected chi connectivity index (χ0v) is 20.5. The van der Waals surface area contributed by atoms with Crippen LogP contribution in [-0.4, -0.2) is 71.0 Å². The maximum Gasteiger partial charge on any atom is 0.415 e. The van der Waals surface area contributed by atoms with E-state index in [1.807, 2.05) is 36.3 Å². The van der Waals surface area contributed by atoms with E-state index in [-0.39, 0.29) is 13.1 Å². The van der Waals surface area contributed by atoms with E-state index in [4.69, 9.17) is 14.5 Å². The number of hydrogen-bond donors (Lipinski definition) is 2. The van der Waals surface area contributed by atoms with Gasteiger partial charge in [-0.05, 0) is 18.2 Å². The molecule has 37 heavy (non-hydrogen) atoms. The third kappa shape index (κ3) is 6.27. The van der Waals surface area contributed by atoms with Crippen LogP contribution in [0, 0.1) is 0 Å². The molecule has 0 aliphatic heterocycles. The van der Waals surface area contributed by atoms with Gasteiger partial charge in [0.05, 0.1) is 43.3 Å². The fraction of sp³-hybridized carbons (Fsp3) is 0.320. The Labute approximate surface area is 211 Å². The first kappa shape index (κ1) is 26.2. The highest BCUT2D eigenvalue weighted by atomic mass is 19.4. The van der Waals surface area contributed by atoms with Gasteiger partial charge in [0.15, 0.2) is 6.10 Å². The highest BCUT2D eigenvalue weighted by Gasteiger charge is 2.37. The second-order valence-corrected chi connectivity index (χ2v) is 8.31. The third-order valence-corrected chi connectivity index (χ3v) is 5.71. The number of aromatic nitrogens is 4. The van der Waals surface area contributed by atoms with Crippen molar-refractivity contribution < 1.29 is 27.8 Å². The fourth-order valence-corrected chi connectivity index (χ4v) is 3.76. The number of aryl methyl sites for hydroxylation is 1. The van der Waals surface area contributed by atoms with Crippen molar-refractivity contribution in [2.75, 3.05) is 38.8 Å². The summed E-state index contributed by atoms with van der Waals surface area (Å²) in [5.41, 5.74) is 4.24. The normalized spacial score (nSPS) is 12.5. The van der Waals surface area contributed by atoms with E-state index in [1.54, 1.807) is 35.3 Å². The van der Waals surface area contributed by atoms with Gasteiger partial charge in [-0.3, -0.25) is 9.67 Å². The van der Waals surface area contributed by atoms with Crippen molar-refractivity contribution in [2.45, 2.75) is 12.3 Å². The molecule has 2 aromatic carbocycles. The van der Waals surface area contributed by atoms with Crippen molar-refractivity contribution in [3.63, 3.8) is 0 Å². The average molecular weight is 517 g/mol. The van der Waals surface area contributed by atoms with Gasteiger partial charge in [-0.25, -0.2) is 4.98 Å². The Kier molecular flexibility index (Phi) is 7.79. The SMILES string of the molecule is COc1cc(OC)cc(N(CCNCC(O)C(F)(F)F)c2ccc3ncc(-c4cnn(C)c4)nc3c2)c1. The molecular formula is C25H27F3N6O3. The number of methoxy groups -OCH3 is 2. The zero-order valence-electron chi connectivity index (χ0n) is 20.5. The topological polar surface area (TPSA) is 97.6 Å². The molecule has 0 saturated carbocycles. The summed E-state index contributed by atoms with van der Waals surface area (Å²) in [6, 6.07) is 10.9. The molecule has 4 aromatic rings. The first-order valence-corrected chi connectivity index (χ1v) is 11.4. The lowest BCUT2D eigenvalue weighted by atomic mass is 10.2. The van der Waals surface area contributed by atoms with E-state index < -0.39 is 18.8 Å². The predicted octanol–water partition coefficient (Wildman–Crippen LogP) is 3.70. The first-order chi connectivity index (χ1) is 17.7. The standard InChI is InChI=1S/C25H27F3N6O3/c1-33-15-16(12-31-33)23-13-30-21-5-4-17(10-22(21)32-23)34(7-6-29-14-24(35)25(26,27)28)18-8-19(36-2)11-20(9-18)37-3/h4-5,8-13,15,24,29,35H,6-7,14H2,1-3H3. The minimum Gasteiger partial charge on any atom is -0.497 e. The number of aliphatic hydroxyl groups is 1. The summed E-state index contributed by atoms with van der Waals surface area (Å²) >= 11 is 0. The molecule has 0 saturated heterocycles. The number of alkyl halides is 3. The molecule has 0 aliphatic carbocycles. The fourth-order valence-electron chi connectivity index (χ4n) is 3.76. The van der Waals surface area contributed by atoms with Crippen LogP contribution in [0.5, 0.6) is 11.5 Å². The maximum absolute atomic E-state index is 12.7. The van der Waals surface area contributed by atoms with Gasteiger partial charge in [-0.15, -0.1) is 0 Å². The summed E-state index contributed by atoms with van der Waals surface area (Å²) in [5.74, 6) is 1.11. The molecule has 0 amide bonds. The minimum absolute atomic E-state index is 0.159. The molecule has 2 N–H and O–H groups in total. The highest BCUT2D eigenvalue weighted by molar-refractivity contribution is 5.82. The Hall–Kier alpha value is -3.90. The number of nitrogens with one attached hydrogen (secondary N) is 1. The highest BCUT2D eigenvalue weighted by Crippen LogP contribution is 2.34. The Morgan fingerprint density at radius 1 is 1.03 bits per heavy atom. The van der Waals surface area contributed by atoms with Crippen LogP contribution < -0.4 is 19.7 Å². The summed E-state index contributed by atoms with van der Waals surface area (Å²) in [4.78, 5) is 11.2. The van der Waals surface area contributed by atoms with E-state index in [0.29, 0.717) is 33.9 Å². The van der Waals surface area contributed by atoms with Gasteiger partial charge in [0.1, 0.15) is 11.5 Å². The Balaban J connectivity index is 1.67. The van der Waals surface area contributed by atoms with Gasteiger partial charge < -0.3 is 24.8 Å². The molecule has 0 spiro atoms. The van der Waals surface area contributed by atoms with Crippen LogP contribution in [0.25, 0.3) is 22.3 Å². The van der Waals surface area contributed by atoms with Crippen LogP contribution >= 0.6 is 0 Å². The van der Waals surface area contributed by atoms with Crippen molar-refractivity contribution in [1.29, 1.82) is 0 Å². The average Bonchev–Trinajstić information content (AvgIpc) is 3.33. The molecule has 0 radical (unpaired) electrons. The van der Waals surface area contributed by atoms with E-state index in [0.717, 1.165) is 11.3 Å². The van der Waals surface area contributed by atoms with Crippen LogP contribution in [0.4, 0.5) is 24.5 Å². The number of ether oxygens (including phenoxy) is 2. The van der Waals surface area contributed by atoms with Gasteiger partial charge in [-0.2, -0.15) is 18.3 Å². The van der Waals surface area contributed by atoms with Gasteiger partial charge >= 0.3 is 6.18 Å². The van der Waals surface area contributed by atoms with Gasteiger partial charge in [0.2, 0.25) is 0 Å². The molecule has 0 aliphatic rings. The van der Waals surface area contributed by atoms with Crippen molar-refractivity contribution in [3.8, 4) is 22.8 Å². The van der Waals surface area contributed by atoms with Crippen molar-refractivity contribution in [3.05, 3.63) is 55.0 Å². The van der Waals surface area contributed by atoms with E-state index in [2.05, 4.69) is 15.4 Å². The third-order valence-electron chi connectivity index (χ3n) is 5.71. The molecule has 9 nitrogen and oxygen atoms in total. The van der Waals surface area contributed by atoms with Crippen LogP contribution in [-0.2, 0) is 7.05 Å². The number of rotatable bonds is 10. The largest absolute Gasteiger partial charge is 0.497 e. The van der Waals surface area contributed by atoms with Crippen molar-refractivity contribution >= 4 is 22.4 Å². The molecule has 2 aromatic heterocycles. The van der Waals surface area contributed by atoms with Gasteiger partial charge in [0, 0.05) is 68.0 Å². The van der Waals surface area contributed by atoms with E-state index in [1.165, 1.54) is 14.2 Å². The number of aliphatic hydroxyl groups excluding tert-OH is 1. The molecule has 4 rings (SSSR count). The lowest BCUT2D eigenvalue weighted by Crippen LogP contribution is -2.40. The summed E-state index contributed by atoms with van der Waals surface area (Å²) in [7, 11) is 4.89. The quantitative estimate of drug-likeness (QED) is 0.308. The summed E-state index contributed by atoms with van der Waals surface area (Å²) in [6.07, 6.45) is -1.90. The number of benzene rings is 2. The van der Waals surface area contributed by atoms with Crippen molar-refractivity contribution in [2.24, 2.45) is 7.05 Å². The van der Waals surface area contributed by atoms with Crippen LogP contribution in [0.15, 0.2) is 55.0 Å². The van der Waals surface area contributed by atoms with Gasteiger partial charge in [-0.1, -0.05) is 0 Å². The molecule has 1 atom stereocenters. The first-order valence-electron chi connectivity index (χ1n) is 11.4. The maximum atomic E-state index is 12.7. The number of anilines is 2. The molecule has 12 heteroatoms. The zero-order chi connectivity index (χ0) is 26.6. The van der Waals surface area contributed by atoms with Crippen LogP contribution in [0.3, 0.4) is 0 Å². The van der Waals surface area contributed by atoms with E-state index >= 15 is 0 Å². The number of nitrogens with zero attached hydrogens (tertiary/aromatic N) is 5. The Morgan fingerprint density at radius 3 is 2.38 bits per heavy atom. The lowest BCUT2D eigenvalue weighted by molar-refractivity contribution is -0.201. The van der Waals surface area contributed by atoms with Gasteiger partial charge in [0.25, 0.3) is 0 Å². The van der Waals surface area contributed by atoms with E-state index in [9.17, 15) is 18.3 Å². The monoisotopic (exact) mass is 516 g/mol. The number of fused-ring (bicyclic) bond motifs is 1.